The fourth-order valence-corrected chi connectivity index (χ4v) is 0.897. The lowest BCUT2D eigenvalue weighted by Crippen LogP contribution is -2.16. The van der Waals surface area contributed by atoms with Crippen molar-refractivity contribution in [3.8, 4) is 0 Å². The standard InChI is InChI=1S/C7H13N3S/c1-6(2)7(11)3-10-5-8-4-9-10/h4-7,11H,3H2,1-2H3. The van der Waals surface area contributed by atoms with Crippen molar-refractivity contribution in [1.82, 2.24) is 14.8 Å². The highest BCUT2D eigenvalue weighted by Crippen LogP contribution is 2.09. The van der Waals surface area contributed by atoms with Crippen LogP contribution in [-0.4, -0.2) is 20.0 Å². The summed E-state index contributed by atoms with van der Waals surface area (Å²) in [6, 6.07) is 0. The second kappa shape index (κ2) is 3.76. The van der Waals surface area contributed by atoms with E-state index in [1.54, 1.807) is 17.3 Å². The van der Waals surface area contributed by atoms with Gasteiger partial charge in [-0.3, -0.25) is 4.68 Å². The van der Waals surface area contributed by atoms with Gasteiger partial charge in [-0.2, -0.15) is 17.7 Å². The third-order valence-electron chi connectivity index (χ3n) is 1.61. The number of thiol groups is 1. The second-order valence-corrected chi connectivity index (χ2v) is 3.59. The maximum Gasteiger partial charge on any atom is 0.137 e. The van der Waals surface area contributed by atoms with E-state index in [1.165, 1.54) is 0 Å². The summed E-state index contributed by atoms with van der Waals surface area (Å²) in [4.78, 5) is 3.85. The molecule has 1 heterocycles. The van der Waals surface area contributed by atoms with Gasteiger partial charge >= 0.3 is 0 Å². The van der Waals surface area contributed by atoms with Crippen LogP contribution in [0.2, 0.25) is 0 Å². The highest BCUT2D eigenvalue weighted by Gasteiger charge is 2.08. The molecular weight excluding hydrogens is 158 g/mol. The molecule has 1 rings (SSSR count). The molecule has 62 valence electrons. The molecule has 1 unspecified atom stereocenters. The number of hydrogen-bond acceptors (Lipinski definition) is 3. The lowest BCUT2D eigenvalue weighted by atomic mass is 10.1. The fourth-order valence-electron chi connectivity index (χ4n) is 0.729. The average Bonchev–Trinajstić information content (AvgIpc) is 2.39. The first-order chi connectivity index (χ1) is 5.20. The number of rotatable bonds is 3. The Bertz CT molecular complexity index is 195. The molecule has 1 aromatic heterocycles. The van der Waals surface area contributed by atoms with E-state index in [2.05, 4.69) is 36.6 Å². The maximum absolute atomic E-state index is 4.42. The molecular formula is C7H13N3S. The molecule has 4 heteroatoms. The van der Waals surface area contributed by atoms with Gasteiger partial charge in [0.25, 0.3) is 0 Å². The zero-order valence-corrected chi connectivity index (χ0v) is 7.70. The van der Waals surface area contributed by atoms with Crippen molar-refractivity contribution in [1.29, 1.82) is 0 Å². The second-order valence-electron chi connectivity index (χ2n) is 2.93. The summed E-state index contributed by atoms with van der Waals surface area (Å²) in [6.07, 6.45) is 3.26. The molecule has 0 aliphatic rings. The van der Waals surface area contributed by atoms with Crippen molar-refractivity contribution >= 4 is 12.6 Å². The molecule has 0 N–H and O–H groups in total. The van der Waals surface area contributed by atoms with Crippen LogP contribution in [-0.2, 0) is 6.54 Å². The van der Waals surface area contributed by atoms with E-state index in [4.69, 9.17) is 0 Å². The van der Waals surface area contributed by atoms with Crippen molar-refractivity contribution in [2.45, 2.75) is 25.6 Å². The minimum atomic E-state index is 0.358. The molecule has 1 aromatic rings. The third-order valence-corrected chi connectivity index (χ3v) is 2.37. The third kappa shape index (κ3) is 2.54. The Morgan fingerprint density at radius 2 is 2.27 bits per heavy atom. The Labute approximate surface area is 72.2 Å². The van der Waals surface area contributed by atoms with E-state index in [-0.39, 0.29) is 0 Å². The van der Waals surface area contributed by atoms with E-state index in [0.717, 1.165) is 6.54 Å². The molecule has 0 amide bonds. The van der Waals surface area contributed by atoms with Gasteiger partial charge in [-0.1, -0.05) is 13.8 Å². The van der Waals surface area contributed by atoms with Gasteiger partial charge in [0.05, 0.1) is 6.54 Å². The quantitative estimate of drug-likeness (QED) is 0.693. The molecule has 0 radical (unpaired) electrons. The van der Waals surface area contributed by atoms with Crippen LogP contribution in [0, 0.1) is 5.92 Å². The van der Waals surface area contributed by atoms with Crippen LogP contribution in [0.3, 0.4) is 0 Å². The van der Waals surface area contributed by atoms with Gasteiger partial charge in [-0.05, 0) is 5.92 Å². The smallest absolute Gasteiger partial charge is 0.137 e. The SMILES string of the molecule is CC(C)C(S)Cn1cncn1. The van der Waals surface area contributed by atoms with Crippen molar-refractivity contribution in [3.05, 3.63) is 12.7 Å². The molecule has 0 saturated carbocycles. The molecule has 0 spiro atoms. The van der Waals surface area contributed by atoms with E-state index in [1.807, 2.05) is 0 Å². The minimum Gasteiger partial charge on any atom is -0.252 e. The minimum absolute atomic E-state index is 0.358. The van der Waals surface area contributed by atoms with Crippen LogP contribution in [0.4, 0.5) is 0 Å². The van der Waals surface area contributed by atoms with E-state index >= 15 is 0 Å². The van der Waals surface area contributed by atoms with Crippen molar-refractivity contribution in [3.63, 3.8) is 0 Å². The molecule has 0 fully saturated rings. The molecule has 0 aromatic carbocycles. The van der Waals surface area contributed by atoms with Crippen LogP contribution >= 0.6 is 12.6 Å². The first kappa shape index (κ1) is 8.59. The summed E-state index contributed by atoms with van der Waals surface area (Å²) in [5.74, 6) is 0.572. The van der Waals surface area contributed by atoms with Gasteiger partial charge in [0.1, 0.15) is 12.7 Å². The summed E-state index contributed by atoms with van der Waals surface area (Å²) in [6.45, 7) is 5.13. The summed E-state index contributed by atoms with van der Waals surface area (Å²) < 4.78 is 1.80. The van der Waals surface area contributed by atoms with Crippen LogP contribution < -0.4 is 0 Å². The Balaban J connectivity index is 2.43. The van der Waals surface area contributed by atoms with Gasteiger partial charge in [0, 0.05) is 5.25 Å². The largest absolute Gasteiger partial charge is 0.252 e. The predicted octanol–water partition coefficient (Wildman–Crippen LogP) is 1.23. The molecule has 0 aliphatic heterocycles. The van der Waals surface area contributed by atoms with Crippen molar-refractivity contribution in [2.75, 3.05) is 0 Å². The summed E-state index contributed by atoms with van der Waals surface area (Å²) in [5.41, 5.74) is 0. The molecule has 0 aliphatic carbocycles. The normalized spacial score (nSPS) is 13.8. The van der Waals surface area contributed by atoms with Crippen molar-refractivity contribution in [2.24, 2.45) is 5.92 Å². The first-order valence-corrected chi connectivity index (χ1v) is 4.22. The average molecular weight is 171 g/mol. The predicted molar refractivity (Wildman–Crippen MR) is 47.6 cm³/mol. The topological polar surface area (TPSA) is 30.7 Å². The van der Waals surface area contributed by atoms with E-state index in [9.17, 15) is 0 Å². The molecule has 1 atom stereocenters. The fraction of sp³-hybridized carbons (Fsp3) is 0.714. The van der Waals surface area contributed by atoms with Gasteiger partial charge in [-0.15, -0.1) is 0 Å². The van der Waals surface area contributed by atoms with E-state index in [0.29, 0.717) is 11.2 Å². The summed E-state index contributed by atoms with van der Waals surface area (Å²) >= 11 is 4.42. The van der Waals surface area contributed by atoms with E-state index < -0.39 is 0 Å². The van der Waals surface area contributed by atoms with Gasteiger partial charge in [-0.25, -0.2) is 4.98 Å². The Morgan fingerprint density at radius 1 is 1.55 bits per heavy atom. The zero-order chi connectivity index (χ0) is 8.27. The van der Waals surface area contributed by atoms with Crippen LogP contribution in [0.25, 0.3) is 0 Å². The molecule has 0 saturated heterocycles. The number of aromatic nitrogens is 3. The van der Waals surface area contributed by atoms with Crippen LogP contribution in [0.15, 0.2) is 12.7 Å². The monoisotopic (exact) mass is 171 g/mol. The lowest BCUT2D eigenvalue weighted by Gasteiger charge is -2.13. The highest BCUT2D eigenvalue weighted by atomic mass is 32.1. The van der Waals surface area contributed by atoms with Gasteiger partial charge in [0.2, 0.25) is 0 Å². The lowest BCUT2D eigenvalue weighted by molar-refractivity contribution is 0.504. The number of hydrogen-bond donors (Lipinski definition) is 1. The molecule has 0 bridgehead atoms. The Hall–Kier alpha value is -0.510. The Kier molecular flexibility index (Phi) is 2.93. The van der Waals surface area contributed by atoms with Gasteiger partial charge < -0.3 is 0 Å². The molecule has 11 heavy (non-hydrogen) atoms. The Morgan fingerprint density at radius 3 is 2.73 bits per heavy atom. The first-order valence-electron chi connectivity index (χ1n) is 3.70. The number of nitrogens with zero attached hydrogens (tertiary/aromatic N) is 3. The summed E-state index contributed by atoms with van der Waals surface area (Å²) in [5, 5.41) is 4.35. The maximum atomic E-state index is 4.42. The zero-order valence-electron chi connectivity index (χ0n) is 6.81. The summed E-state index contributed by atoms with van der Waals surface area (Å²) in [7, 11) is 0. The van der Waals surface area contributed by atoms with Crippen LogP contribution in [0.1, 0.15) is 13.8 Å². The highest BCUT2D eigenvalue weighted by molar-refractivity contribution is 7.80. The molecule has 3 nitrogen and oxygen atoms in total. The van der Waals surface area contributed by atoms with Crippen molar-refractivity contribution < 1.29 is 0 Å². The van der Waals surface area contributed by atoms with Gasteiger partial charge in [0.15, 0.2) is 0 Å². The van der Waals surface area contributed by atoms with Crippen LogP contribution in [0.5, 0.6) is 0 Å².